The van der Waals surface area contributed by atoms with E-state index in [4.69, 9.17) is 0 Å². The van der Waals surface area contributed by atoms with Gasteiger partial charge in [-0.2, -0.15) is 0 Å². The molecule has 3 nitrogen and oxygen atoms in total. The molecular formula is C20H30N2O. The first-order valence-electron chi connectivity index (χ1n) is 9.22. The maximum Gasteiger partial charge on any atom is 0.253 e. The minimum Gasteiger partial charge on any atom is -0.338 e. The lowest BCUT2D eigenvalue weighted by molar-refractivity contribution is 0.0683. The van der Waals surface area contributed by atoms with Crippen molar-refractivity contribution >= 4 is 5.91 Å². The quantitative estimate of drug-likeness (QED) is 0.847. The maximum atomic E-state index is 12.6. The van der Waals surface area contributed by atoms with Gasteiger partial charge in [-0.3, -0.25) is 9.69 Å². The summed E-state index contributed by atoms with van der Waals surface area (Å²) in [4.78, 5) is 17.2. The Labute approximate surface area is 140 Å². The van der Waals surface area contributed by atoms with E-state index < -0.39 is 0 Å². The number of carbonyl (C=O) groups excluding carboxylic acids is 1. The molecule has 2 saturated heterocycles. The number of rotatable bonds is 3. The van der Waals surface area contributed by atoms with Crippen LogP contribution in [0.5, 0.6) is 0 Å². The number of likely N-dealkylation sites (tertiary alicyclic amines) is 2. The molecule has 0 saturated carbocycles. The Bertz CT molecular complexity index is 525. The van der Waals surface area contributed by atoms with Gasteiger partial charge in [0.25, 0.3) is 5.91 Å². The van der Waals surface area contributed by atoms with E-state index in [1.807, 2.05) is 17.0 Å². The second kappa shape index (κ2) is 7.48. The summed E-state index contributed by atoms with van der Waals surface area (Å²) < 4.78 is 0. The maximum absolute atomic E-state index is 12.6. The van der Waals surface area contributed by atoms with Crippen molar-refractivity contribution in [2.45, 2.75) is 46.1 Å². The molecule has 2 aliphatic rings. The molecule has 3 heteroatoms. The van der Waals surface area contributed by atoms with Crippen LogP contribution in [0.25, 0.3) is 0 Å². The highest BCUT2D eigenvalue weighted by molar-refractivity contribution is 5.94. The Balaban J connectivity index is 1.59. The number of amides is 1. The first-order chi connectivity index (χ1) is 11.1. The van der Waals surface area contributed by atoms with Crippen LogP contribution in [0, 0.1) is 11.8 Å². The molecule has 2 fully saturated rings. The van der Waals surface area contributed by atoms with Crippen LogP contribution in [0.1, 0.15) is 55.5 Å². The van der Waals surface area contributed by atoms with E-state index in [9.17, 15) is 4.79 Å². The summed E-state index contributed by atoms with van der Waals surface area (Å²) in [5.41, 5.74) is 2.16. The third-order valence-corrected chi connectivity index (χ3v) is 5.29. The third kappa shape index (κ3) is 4.35. The average Bonchev–Trinajstić information content (AvgIpc) is 2.55. The number of piperidine rings is 2. The van der Waals surface area contributed by atoms with Crippen LogP contribution in [-0.4, -0.2) is 41.9 Å². The molecule has 0 aromatic heterocycles. The van der Waals surface area contributed by atoms with Crippen molar-refractivity contribution in [3.05, 3.63) is 35.4 Å². The van der Waals surface area contributed by atoms with Crippen LogP contribution >= 0.6 is 0 Å². The lowest BCUT2D eigenvalue weighted by Gasteiger charge is -2.31. The minimum absolute atomic E-state index is 0.203. The lowest BCUT2D eigenvalue weighted by atomic mass is 9.99. The molecule has 2 heterocycles. The fourth-order valence-corrected chi connectivity index (χ4v) is 4.00. The van der Waals surface area contributed by atoms with Crippen molar-refractivity contribution in [1.82, 2.24) is 9.80 Å². The van der Waals surface area contributed by atoms with Gasteiger partial charge in [0.1, 0.15) is 0 Å². The fraction of sp³-hybridized carbons (Fsp3) is 0.650. The molecule has 0 bridgehead atoms. The summed E-state index contributed by atoms with van der Waals surface area (Å²) in [7, 11) is 0. The van der Waals surface area contributed by atoms with Gasteiger partial charge in [-0.1, -0.05) is 26.0 Å². The van der Waals surface area contributed by atoms with E-state index in [1.165, 1.54) is 37.9 Å². The molecule has 0 aliphatic carbocycles. The molecule has 0 unspecified atom stereocenters. The molecule has 2 aliphatic heterocycles. The smallest absolute Gasteiger partial charge is 0.253 e. The van der Waals surface area contributed by atoms with Crippen molar-refractivity contribution in [3.8, 4) is 0 Å². The summed E-state index contributed by atoms with van der Waals surface area (Å²) in [5.74, 6) is 1.65. The predicted molar refractivity (Wildman–Crippen MR) is 94.4 cm³/mol. The fourth-order valence-electron chi connectivity index (χ4n) is 4.00. The molecule has 1 aromatic rings. The van der Waals surface area contributed by atoms with Crippen LogP contribution in [0.15, 0.2) is 24.3 Å². The summed E-state index contributed by atoms with van der Waals surface area (Å²) in [6, 6.07) is 8.31. The number of hydrogen-bond donors (Lipinski definition) is 0. The van der Waals surface area contributed by atoms with Gasteiger partial charge in [-0.25, -0.2) is 0 Å². The highest BCUT2D eigenvalue weighted by atomic mass is 16.2. The van der Waals surface area contributed by atoms with Crippen molar-refractivity contribution < 1.29 is 4.79 Å². The van der Waals surface area contributed by atoms with Crippen molar-refractivity contribution in [2.24, 2.45) is 11.8 Å². The van der Waals surface area contributed by atoms with Crippen LogP contribution in [0.3, 0.4) is 0 Å². The van der Waals surface area contributed by atoms with Gasteiger partial charge in [0.2, 0.25) is 0 Å². The van der Waals surface area contributed by atoms with Crippen molar-refractivity contribution in [3.63, 3.8) is 0 Å². The first kappa shape index (κ1) is 16.5. The molecule has 1 aromatic carbocycles. The standard InChI is InChI=1S/C20H30N2O/c1-16-5-3-11-21(13-16)15-18-7-9-19(10-8-18)20(23)22-12-4-6-17(2)14-22/h7-10,16-17H,3-6,11-15H2,1-2H3/t16-,17-/m1/s1. The summed E-state index contributed by atoms with van der Waals surface area (Å²) >= 11 is 0. The second-order valence-corrected chi connectivity index (χ2v) is 7.68. The average molecular weight is 314 g/mol. The van der Waals surface area contributed by atoms with E-state index >= 15 is 0 Å². The number of carbonyl (C=O) groups is 1. The van der Waals surface area contributed by atoms with E-state index in [2.05, 4.69) is 30.9 Å². The SMILES string of the molecule is C[C@@H]1CCCN(Cc2ccc(C(=O)N3CCC[C@@H](C)C3)cc2)C1. The van der Waals surface area contributed by atoms with Crippen molar-refractivity contribution in [2.75, 3.05) is 26.2 Å². The van der Waals surface area contributed by atoms with E-state index in [0.717, 1.165) is 37.5 Å². The summed E-state index contributed by atoms with van der Waals surface area (Å²) in [6.45, 7) is 9.82. The monoisotopic (exact) mass is 314 g/mol. The molecule has 126 valence electrons. The number of hydrogen-bond acceptors (Lipinski definition) is 2. The van der Waals surface area contributed by atoms with Gasteiger partial charge in [-0.15, -0.1) is 0 Å². The van der Waals surface area contributed by atoms with E-state index in [1.54, 1.807) is 0 Å². The Morgan fingerprint density at radius 3 is 2.30 bits per heavy atom. The molecule has 2 atom stereocenters. The van der Waals surface area contributed by atoms with Crippen LogP contribution in [-0.2, 0) is 6.54 Å². The zero-order chi connectivity index (χ0) is 16.2. The highest BCUT2D eigenvalue weighted by Crippen LogP contribution is 2.20. The van der Waals surface area contributed by atoms with Crippen LogP contribution in [0.2, 0.25) is 0 Å². The Kier molecular flexibility index (Phi) is 5.37. The highest BCUT2D eigenvalue weighted by Gasteiger charge is 2.22. The van der Waals surface area contributed by atoms with Crippen LogP contribution < -0.4 is 0 Å². The molecule has 0 radical (unpaired) electrons. The number of benzene rings is 1. The predicted octanol–water partition coefficient (Wildman–Crippen LogP) is 3.79. The third-order valence-electron chi connectivity index (χ3n) is 5.29. The molecule has 1 amide bonds. The Hall–Kier alpha value is -1.35. The van der Waals surface area contributed by atoms with Crippen molar-refractivity contribution in [1.29, 1.82) is 0 Å². The normalized spacial score (nSPS) is 26.3. The second-order valence-electron chi connectivity index (χ2n) is 7.68. The zero-order valence-corrected chi connectivity index (χ0v) is 14.6. The van der Waals surface area contributed by atoms with E-state index in [0.29, 0.717) is 5.92 Å². The van der Waals surface area contributed by atoms with Crippen LogP contribution in [0.4, 0.5) is 0 Å². The van der Waals surface area contributed by atoms with Gasteiger partial charge in [0.15, 0.2) is 0 Å². The first-order valence-corrected chi connectivity index (χ1v) is 9.22. The van der Waals surface area contributed by atoms with E-state index in [-0.39, 0.29) is 5.91 Å². The molecular weight excluding hydrogens is 284 g/mol. The topological polar surface area (TPSA) is 23.6 Å². The van der Waals surface area contributed by atoms with Gasteiger partial charge in [0, 0.05) is 31.7 Å². The van der Waals surface area contributed by atoms with Gasteiger partial charge in [-0.05, 0) is 61.8 Å². The Morgan fingerprint density at radius 2 is 1.65 bits per heavy atom. The summed E-state index contributed by atoms with van der Waals surface area (Å²) in [6.07, 6.45) is 5.05. The molecule has 23 heavy (non-hydrogen) atoms. The zero-order valence-electron chi connectivity index (χ0n) is 14.6. The minimum atomic E-state index is 0.203. The van der Waals surface area contributed by atoms with Gasteiger partial charge in [0.05, 0.1) is 0 Å². The molecule has 0 spiro atoms. The lowest BCUT2D eigenvalue weighted by Crippen LogP contribution is -2.39. The van der Waals surface area contributed by atoms with Gasteiger partial charge < -0.3 is 4.90 Å². The molecule has 3 rings (SSSR count). The molecule has 0 N–H and O–H groups in total. The largest absolute Gasteiger partial charge is 0.338 e. The number of nitrogens with zero attached hydrogens (tertiary/aromatic N) is 2. The van der Waals surface area contributed by atoms with Gasteiger partial charge >= 0.3 is 0 Å². The Morgan fingerprint density at radius 1 is 1.00 bits per heavy atom. The summed E-state index contributed by atoms with van der Waals surface area (Å²) in [5, 5.41) is 0.